The Morgan fingerprint density at radius 3 is 2.85 bits per heavy atom. The second-order valence-corrected chi connectivity index (χ2v) is 5.95. The topological polar surface area (TPSA) is 75.7 Å². The Morgan fingerprint density at radius 1 is 1.40 bits per heavy atom. The molecule has 0 radical (unpaired) electrons. The SMILES string of the molecule is CCOc1c(Br)cc(Br)cc1CNC(C)c1nn[nH]n1. The molecule has 1 aromatic heterocycles. The largest absolute Gasteiger partial charge is 0.492 e. The van der Waals surface area contributed by atoms with Crippen molar-refractivity contribution in [2.24, 2.45) is 0 Å². The van der Waals surface area contributed by atoms with Gasteiger partial charge in [-0.3, -0.25) is 0 Å². The lowest BCUT2D eigenvalue weighted by Crippen LogP contribution is -2.20. The second-order valence-electron chi connectivity index (χ2n) is 4.18. The van der Waals surface area contributed by atoms with Crippen LogP contribution >= 0.6 is 31.9 Å². The van der Waals surface area contributed by atoms with Crippen molar-refractivity contribution in [1.29, 1.82) is 0 Å². The van der Waals surface area contributed by atoms with Crippen molar-refractivity contribution >= 4 is 31.9 Å². The fourth-order valence-electron chi connectivity index (χ4n) is 1.76. The van der Waals surface area contributed by atoms with E-state index in [2.05, 4.69) is 57.8 Å². The molecule has 2 aromatic rings. The minimum absolute atomic E-state index is 0.000911. The Labute approximate surface area is 133 Å². The van der Waals surface area contributed by atoms with Crippen LogP contribution in [-0.4, -0.2) is 27.2 Å². The molecule has 0 saturated heterocycles. The van der Waals surface area contributed by atoms with E-state index in [-0.39, 0.29) is 6.04 Å². The molecular weight excluding hydrogens is 390 g/mol. The third-order valence-electron chi connectivity index (χ3n) is 2.72. The number of tetrazole rings is 1. The molecular formula is C12H15Br2N5O. The fourth-order valence-corrected chi connectivity index (χ4v) is 3.19. The summed E-state index contributed by atoms with van der Waals surface area (Å²) in [6.07, 6.45) is 0. The summed E-state index contributed by atoms with van der Waals surface area (Å²) >= 11 is 7.01. The number of ether oxygens (including phenoxy) is 1. The van der Waals surface area contributed by atoms with Crippen molar-refractivity contribution < 1.29 is 4.74 Å². The fraction of sp³-hybridized carbons (Fsp3) is 0.417. The first kappa shape index (κ1) is 15.4. The second kappa shape index (κ2) is 7.14. The zero-order valence-corrected chi connectivity index (χ0v) is 14.3. The molecule has 1 heterocycles. The van der Waals surface area contributed by atoms with E-state index >= 15 is 0 Å². The summed E-state index contributed by atoms with van der Waals surface area (Å²) in [6, 6.07) is 4.00. The molecule has 0 fully saturated rings. The predicted octanol–water partition coefficient (Wildman–Crippen LogP) is 2.97. The van der Waals surface area contributed by atoms with E-state index in [1.165, 1.54) is 0 Å². The molecule has 1 aromatic carbocycles. The average molecular weight is 405 g/mol. The molecule has 1 atom stereocenters. The number of hydrogen-bond acceptors (Lipinski definition) is 5. The molecule has 0 amide bonds. The molecule has 0 aliphatic heterocycles. The number of hydrogen-bond donors (Lipinski definition) is 2. The predicted molar refractivity (Wildman–Crippen MR) is 82.4 cm³/mol. The third kappa shape index (κ3) is 3.77. The standard InChI is InChI=1S/C12H15Br2N5O/c1-3-20-11-8(4-9(13)5-10(11)14)6-15-7(2)12-16-18-19-17-12/h4-5,7,15H,3,6H2,1-2H3,(H,16,17,18,19). The van der Waals surface area contributed by atoms with Crippen LogP contribution in [0.1, 0.15) is 31.3 Å². The Kier molecular flexibility index (Phi) is 5.50. The van der Waals surface area contributed by atoms with Crippen LogP contribution in [0.4, 0.5) is 0 Å². The summed E-state index contributed by atoms with van der Waals surface area (Å²) in [4.78, 5) is 0. The highest BCUT2D eigenvalue weighted by atomic mass is 79.9. The first-order valence-electron chi connectivity index (χ1n) is 6.19. The average Bonchev–Trinajstić information content (AvgIpc) is 2.93. The highest BCUT2D eigenvalue weighted by molar-refractivity contribution is 9.11. The van der Waals surface area contributed by atoms with Gasteiger partial charge in [-0.2, -0.15) is 5.21 Å². The van der Waals surface area contributed by atoms with Crippen LogP contribution in [0.3, 0.4) is 0 Å². The van der Waals surface area contributed by atoms with Crippen molar-refractivity contribution in [3.05, 3.63) is 32.5 Å². The van der Waals surface area contributed by atoms with E-state index in [9.17, 15) is 0 Å². The highest BCUT2D eigenvalue weighted by Gasteiger charge is 2.13. The van der Waals surface area contributed by atoms with Gasteiger partial charge in [0, 0.05) is 16.6 Å². The van der Waals surface area contributed by atoms with Crippen molar-refractivity contribution in [3.63, 3.8) is 0 Å². The maximum Gasteiger partial charge on any atom is 0.191 e. The molecule has 0 bridgehead atoms. The van der Waals surface area contributed by atoms with Gasteiger partial charge in [-0.25, -0.2) is 0 Å². The van der Waals surface area contributed by atoms with Crippen LogP contribution in [0.15, 0.2) is 21.1 Å². The summed E-state index contributed by atoms with van der Waals surface area (Å²) < 4.78 is 7.61. The van der Waals surface area contributed by atoms with Gasteiger partial charge in [-0.05, 0) is 41.9 Å². The van der Waals surface area contributed by atoms with E-state index < -0.39 is 0 Å². The smallest absolute Gasteiger partial charge is 0.191 e. The van der Waals surface area contributed by atoms with Gasteiger partial charge in [0.25, 0.3) is 0 Å². The summed E-state index contributed by atoms with van der Waals surface area (Å²) in [6.45, 7) is 5.21. The lowest BCUT2D eigenvalue weighted by Gasteiger charge is -2.15. The van der Waals surface area contributed by atoms with Gasteiger partial charge in [0.15, 0.2) is 5.82 Å². The van der Waals surface area contributed by atoms with Crippen LogP contribution in [-0.2, 0) is 6.54 Å². The summed E-state index contributed by atoms with van der Waals surface area (Å²) in [5.41, 5.74) is 1.06. The van der Waals surface area contributed by atoms with Gasteiger partial charge < -0.3 is 10.1 Å². The Balaban J connectivity index is 2.12. The van der Waals surface area contributed by atoms with E-state index in [1.807, 2.05) is 26.0 Å². The number of nitrogens with one attached hydrogen (secondary N) is 2. The quantitative estimate of drug-likeness (QED) is 0.773. The van der Waals surface area contributed by atoms with Gasteiger partial charge in [-0.1, -0.05) is 21.1 Å². The minimum Gasteiger partial charge on any atom is -0.492 e. The maximum atomic E-state index is 5.69. The number of rotatable bonds is 6. The number of H-pyrrole nitrogens is 1. The molecule has 0 aliphatic carbocycles. The molecule has 20 heavy (non-hydrogen) atoms. The Morgan fingerprint density at radius 2 is 2.20 bits per heavy atom. The molecule has 0 saturated carbocycles. The monoisotopic (exact) mass is 403 g/mol. The summed E-state index contributed by atoms with van der Waals surface area (Å²) in [5.74, 6) is 1.49. The first-order valence-corrected chi connectivity index (χ1v) is 7.77. The van der Waals surface area contributed by atoms with Crippen LogP contribution in [0.5, 0.6) is 5.75 Å². The Hall–Kier alpha value is -0.990. The summed E-state index contributed by atoms with van der Waals surface area (Å²) in [7, 11) is 0. The minimum atomic E-state index is 0.000911. The lowest BCUT2D eigenvalue weighted by atomic mass is 10.2. The van der Waals surface area contributed by atoms with Gasteiger partial charge in [0.2, 0.25) is 0 Å². The van der Waals surface area contributed by atoms with E-state index in [1.54, 1.807) is 0 Å². The van der Waals surface area contributed by atoms with Crippen LogP contribution in [0, 0.1) is 0 Å². The summed E-state index contributed by atoms with van der Waals surface area (Å²) in [5, 5.41) is 17.3. The van der Waals surface area contributed by atoms with Crippen molar-refractivity contribution in [2.75, 3.05) is 6.61 Å². The molecule has 6 nitrogen and oxygen atoms in total. The van der Waals surface area contributed by atoms with Gasteiger partial charge in [-0.15, -0.1) is 10.2 Å². The number of aromatic amines is 1. The highest BCUT2D eigenvalue weighted by Crippen LogP contribution is 2.33. The van der Waals surface area contributed by atoms with Crippen molar-refractivity contribution in [2.45, 2.75) is 26.4 Å². The van der Waals surface area contributed by atoms with Gasteiger partial charge in [0.05, 0.1) is 17.1 Å². The third-order valence-corrected chi connectivity index (χ3v) is 3.77. The Bertz CT molecular complexity index is 561. The van der Waals surface area contributed by atoms with Gasteiger partial charge in [0.1, 0.15) is 5.75 Å². The molecule has 0 aliphatic rings. The number of halogens is 2. The maximum absolute atomic E-state index is 5.69. The molecule has 1 unspecified atom stereocenters. The van der Waals surface area contributed by atoms with E-state index in [4.69, 9.17) is 4.74 Å². The number of benzene rings is 1. The number of nitrogens with zero attached hydrogens (tertiary/aromatic N) is 3. The van der Waals surface area contributed by atoms with Crippen LogP contribution < -0.4 is 10.1 Å². The molecule has 108 valence electrons. The number of aromatic nitrogens is 4. The van der Waals surface area contributed by atoms with Crippen molar-refractivity contribution in [1.82, 2.24) is 25.9 Å². The van der Waals surface area contributed by atoms with E-state index in [0.29, 0.717) is 19.0 Å². The molecule has 2 rings (SSSR count). The zero-order valence-electron chi connectivity index (χ0n) is 11.2. The first-order chi connectivity index (χ1) is 9.61. The van der Waals surface area contributed by atoms with Crippen LogP contribution in [0.2, 0.25) is 0 Å². The van der Waals surface area contributed by atoms with Crippen LogP contribution in [0.25, 0.3) is 0 Å². The molecule has 0 spiro atoms. The van der Waals surface area contributed by atoms with Crippen molar-refractivity contribution in [3.8, 4) is 5.75 Å². The molecule has 8 heteroatoms. The van der Waals surface area contributed by atoms with E-state index in [0.717, 1.165) is 20.3 Å². The lowest BCUT2D eigenvalue weighted by molar-refractivity contribution is 0.332. The zero-order chi connectivity index (χ0) is 14.5. The normalized spacial score (nSPS) is 12.4. The molecule has 2 N–H and O–H groups in total. The van der Waals surface area contributed by atoms with Gasteiger partial charge >= 0.3 is 0 Å².